The quantitative estimate of drug-likeness (QED) is 0.823. The van der Waals surface area contributed by atoms with Crippen LogP contribution in [0.3, 0.4) is 0 Å². The smallest absolute Gasteiger partial charge is 0.0299 e. The first-order valence-corrected chi connectivity index (χ1v) is 6.67. The van der Waals surface area contributed by atoms with Crippen molar-refractivity contribution in [2.75, 3.05) is 6.54 Å². The Hall–Kier alpha value is -0.340. The van der Waals surface area contributed by atoms with E-state index in [1.807, 2.05) is 11.3 Å². The fraction of sp³-hybridized carbons (Fsp3) is 0.692. The van der Waals surface area contributed by atoms with Crippen LogP contribution in [0.2, 0.25) is 0 Å². The fourth-order valence-electron chi connectivity index (χ4n) is 1.60. The van der Waals surface area contributed by atoms with E-state index in [0.29, 0.717) is 5.41 Å². The first-order chi connectivity index (χ1) is 7.05. The molecule has 0 amide bonds. The molecular formula is C13H21NS. The molecule has 1 aliphatic carbocycles. The summed E-state index contributed by atoms with van der Waals surface area (Å²) in [5.41, 5.74) is 0.305. The molecule has 1 aliphatic rings. The van der Waals surface area contributed by atoms with E-state index in [2.05, 4.69) is 38.2 Å². The van der Waals surface area contributed by atoms with E-state index in [1.165, 1.54) is 29.1 Å². The molecule has 1 saturated carbocycles. The molecule has 84 valence electrons. The minimum Gasteiger partial charge on any atom is -0.312 e. The third kappa shape index (κ3) is 3.32. The zero-order valence-corrected chi connectivity index (χ0v) is 10.8. The maximum Gasteiger partial charge on any atom is 0.0299 e. The van der Waals surface area contributed by atoms with Crippen molar-refractivity contribution in [3.63, 3.8) is 0 Å². The molecule has 1 heterocycles. The Morgan fingerprint density at radius 2 is 2.07 bits per heavy atom. The number of thiophene rings is 1. The van der Waals surface area contributed by atoms with Gasteiger partial charge in [0.2, 0.25) is 0 Å². The third-order valence-electron chi connectivity index (χ3n) is 2.83. The summed E-state index contributed by atoms with van der Waals surface area (Å²) in [4.78, 5) is 2.96. The average Bonchev–Trinajstić information content (AvgIpc) is 2.80. The number of rotatable bonds is 4. The lowest BCUT2D eigenvalue weighted by Gasteiger charge is -2.15. The highest BCUT2D eigenvalue weighted by Gasteiger charge is 2.20. The Labute approximate surface area is 96.9 Å². The van der Waals surface area contributed by atoms with Gasteiger partial charge in [-0.3, -0.25) is 0 Å². The SMILES string of the molecule is CC(C)(C)c1ccc(CNCC2CC2)s1. The first-order valence-electron chi connectivity index (χ1n) is 5.85. The Kier molecular flexibility index (Phi) is 3.17. The average molecular weight is 223 g/mol. The van der Waals surface area contributed by atoms with E-state index in [9.17, 15) is 0 Å². The standard InChI is InChI=1S/C13H21NS/c1-13(2,3)12-7-6-11(15-12)9-14-8-10-4-5-10/h6-7,10,14H,4-5,8-9H2,1-3H3. The highest BCUT2D eigenvalue weighted by molar-refractivity contribution is 7.12. The second kappa shape index (κ2) is 4.26. The van der Waals surface area contributed by atoms with Crippen LogP contribution in [0.4, 0.5) is 0 Å². The Balaban J connectivity index is 1.83. The van der Waals surface area contributed by atoms with Crippen molar-refractivity contribution in [1.29, 1.82) is 0 Å². The lowest BCUT2D eigenvalue weighted by Crippen LogP contribution is -2.15. The summed E-state index contributed by atoms with van der Waals surface area (Å²) in [7, 11) is 0. The van der Waals surface area contributed by atoms with Gasteiger partial charge in [0.1, 0.15) is 0 Å². The molecule has 1 N–H and O–H groups in total. The van der Waals surface area contributed by atoms with Crippen molar-refractivity contribution in [2.24, 2.45) is 5.92 Å². The predicted octanol–water partition coefficient (Wildman–Crippen LogP) is 3.55. The summed E-state index contributed by atoms with van der Waals surface area (Å²) in [5.74, 6) is 0.979. The molecule has 15 heavy (non-hydrogen) atoms. The highest BCUT2D eigenvalue weighted by Crippen LogP contribution is 2.30. The van der Waals surface area contributed by atoms with Crippen molar-refractivity contribution in [1.82, 2.24) is 5.32 Å². The fourth-order valence-corrected chi connectivity index (χ4v) is 2.63. The van der Waals surface area contributed by atoms with Gasteiger partial charge in [0, 0.05) is 16.3 Å². The molecule has 0 aliphatic heterocycles. The molecule has 1 aromatic rings. The zero-order chi connectivity index (χ0) is 10.9. The van der Waals surface area contributed by atoms with Crippen molar-refractivity contribution >= 4 is 11.3 Å². The third-order valence-corrected chi connectivity index (χ3v) is 4.34. The van der Waals surface area contributed by atoms with Crippen molar-refractivity contribution in [2.45, 2.75) is 45.6 Å². The van der Waals surface area contributed by atoms with Crippen LogP contribution < -0.4 is 5.32 Å². The van der Waals surface area contributed by atoms with Gasteiger partial charge < -0.3 is 5.32 Å². The minimum atomic E-state index is 0.305. The van der Waals surface area contributed by atoms with Crippen LogP contribution in [0, 0.1) is 5.92 Å². The van der Waals surface area contributed by atoms with E-state index >= 15 is 0 Å². The first kappa shape index (κ1) is 11.2. The molecule has 1 fully saturated rings. The highest BCUT2D eigenvalue weighted by atomic mass is 32.1. The van der Waals surface area contributed by atoms with E-state index in [0.717, 1.165) is 12.5 Å². The monoisotopic (exact) mass is 223 g/mol. The van der Waals surface area contributed by atoms with Crippen LogP contribution in [0.1, 0.15) is 43.4 Å². The maximum absolute atomic E-state index is 3.54. The second-order valence-electron chi connectivity index (χ2n) is 5.59. The Bertz CT molecular complexity index is 318. The van der Waals surface area contributed by atoms with Crippen molar-refractivity contribution < 1.29 is 0 Å². The molecular weight excluding hydrogens is 202 g/mol. The predicted molar refractivity (Wildman–Crippen MR) is 67.4 cm³/mol. The van der Waals surface area contributed by atoms with Gasteiger partial charge in [0.25, 0.3) is 0 Å². The van der Waals surface area contributed by atoms with Gasteiger partial charge >= 0.3 is 0 Å². The maximum atomic E-state index is 3.54. The summed E-state index contributed by atoms with van der Waals surface area (Å²) in [6.45, 7) is 9.10. The molecule has 1 nitrogen and oxygen atoms in total. The topological polar surface area (TPSA) is 12.0 Å². The second-order valence-corrected chi connectivity index (χ2v) is 6.76. The molecule has 0 aromatic carbocycles. The van der Waals surface area contributed by atoms with E-state index in [-0.39, 0.29) is 0 Å². The van der Waals surface area contributed by atoms with E-state index in [4.69, 9.17) is 0 Å². The van der Waals surface area contributed by atoms with Gasteiger partial charge in [-0.2, -0.15) is 0 Å². The molecule has 0 unspecified atom stereocenters. The summed E-state index contributed by atoms with van der Waals surface area (Å²) in [5, 5.41) is 3.54. The molecule has 0 saturated heterocycles. The summed E-state index contributed by atoms with van der Waals surface area (Å²) < 4.78 is 0. The number of hydrogen-bond acceptors (Lipinski definition) is 2. The van der Waals surface area contributed by atoms with E-state index < -0.39 is 0 Å². The lowest BCUT2D eigenvalue weighted by atomic mass is 9.95. The molecule has 0 radical (unpaired) electrons. The van der Waals surface area contributed by atoms with Crippen LogP contribution in [-0.4, -0.2) is 6.54 Å². The van der Waals surface area contributed by atoms with Crippen LogP contribution in [0.15, 0.2) is 12.1 Å². The lowest BCUT2D eigenvalue weighted by molar-refractivity contribution is 0.604. The van der Waals surface area contributed by atoms with Gasteiger partial charge in [-0.15, -0.1) is 11.3 Å². The minimum absolute atomic E-state index is 0.305. The zero-order valence-electron chi connectivity index (χ0n) is 9.97. The van der Waals surface area contributed by atoms with Crippen LogP contribution in [-0.2, 0) is 12.0 Å². The van der Waals surface area contributed by atoms with Gasteiger partial charge in [-0.25, -0.2) is 0 Å². The Morgan fingerprint density at radius 1 is 1.33 bits per heavy atom. The van der Waals surface area contributed by atoms with Gasteiger partial charge in [0.05, 0.1) is 0 Å². The van der Waals surface area contributed by atoms with Crippen LogP contribution >= 0.6 is 11.3 Å². The normalized spacial score (nSPS) is 17.0. The molecule has 0 spiro atoms. The van der Waals surface area contributed by atoms with Gasteiger partial charge in [0.15, 0.2) is 0 Å². The molecule has 0 atom stereocenters. The van der Waals surface area contributed by atoms with Gasteiger partial charge in [-0.1, -0.05) is 20.8 Å². The van der Waals surface area contributed by atoms with Crippen LogP contribution in [0.5, 0.6) is 0 Å². The summed E-state index contributed by atoms with van der Waals surface area (Å²) in [6.07, 6.45) is 2.87. The summed E-state index contributed by atoms with van der Waals surface area (Å²) in [6, 6.07) is 4.55. The Morgan fingerprint density at radius 3 is 2.60 bits per heavy atom. The number of hydrogen-bond donors (Lipinski definition) is 1. The van der Waals surface area contributed by atoms with Crippen molar-refractivity contribution in [3.8, 4) is 0 Å². The summed E-state index contributed by atoms with van der Waals surface area (Å²) >= 11 is 1.95. The number of nitrogens with one attached hydrogen (secondary N) is 1. The molecule has 1 aromatic heterocycles. The largest absolute Gasteiger partial charge is 0.312 e. The van der Waals surface area contributed by atoms with Gasteiger partial charge in [-0.05, 0) is 42.9 Å². The van der Waals surface area contributed by atoms with Crippen molar-refractivity contribution in [3.05, 3.63) is 21.9 Å². The molecule has 2 rings (SSSR count). The van der Waals surface area contributed by atoms with Crippen LogP contribution in [0.25, 0.3) is 0 Å². The molecule has 0 bridgehead atoms. The molecule has 2 heteroatoms. The van der Waals surface area contributed by atoms with E-state index in [1.54, 1.807) is 0 Å².